The van der Waals surface area contributed by atoms with Crippen LogP contribution in [-0.2, 0) is 14.3 Å². The summed E-state index contributed by atoms with van der Waals surface area (Å²) in [6.45, 7) is 1.29. The van der Waals surface area contributed by atoms with Crippen molar-refractivity contribution in [1.82, 2.24) is 5.32 Å². The van der Waals surface area contributed by atoms with Gasteiger partial charge in [-0.1, -0.05) is 11.6 Å². The van der Waals surface area contributed by atoms with Crippen LogP contribution in [0.5, 0.6) is 5.75 Å². The lowest BCUT2D eigenvalue weighted by atomic mass is 10.2. The van der Waals surface area contributed by atoms with Crippen molar-refractivity contribution in [2.24, 2.45) is 0 Å². The summed E-state index contributed by atoms with van der Waals surface area (Å²) in [6.07, 6.45) is 0. The molecule has 2 aromatic rings. The number of halogens is 2. The second-order valence-corrected chi connectivity index (χ2v) is 5.91. The molecule has 2 amide bonds. The third kappa shape index (κ3) is 6.55. The number of benzene rings is 2. The topological polar surface area (TPSA) is 93.7 Å². The molecule has 0 saturated carbocycles. The Bertz CT molecular complexity index is 858. The van der Waals surface area contributed by atoms with Crippen molar-refractivity contribution in [3.63, 3.8) is 0 Å². The number of rotatable bonds is 8. The lowest BCUT2D eigenvalue weighted by Gasteiger charge is -2.09. The fourth-order valence-electron chi connectivity index (χ4n) is 2.10. The summed E-state index contributed by atoms with van der Waals surface area (Å²) in [7, 11) is 0. The van der Waals surface area contributed by atoms with E-state index in [0.29, 0.717) is 17.9 Å². The highest BCUT2D eigenvalue weighted by molar-refractivity contribution is 6.30. The molecule has 2 rings (SSSR count). The largest absolute Gasteiger partial charge is 0.494 e. The molecular formula is C19H18ClFN2O5. The number of hydrogen-bond acceptors (Lipinski definition) is 5. The van der Waals surface area contributed by atoms with Crippen molar-refractivity contribution in [1.29, 1.82) is 0 Å². The van der Waals surface area contributed by atoms with Gasteiger partial charge in [0.15, 0.2) is 6.61 Å². The molecule has 0 bridgehead atoms. The Morgan fingerprint density at radius 2 is 1.82 bits per heavy atom. The van der Waals surface area contributed by atoms with Gasteiger partial charge in [0.1, 0.15) is 18.1 Å². The summed E-state index contributed by atoms with van der Waals surface area (Å²) in [5.74, 6) is -2.09. The Hall–Kier alpha value is -3.13. The van der Waals surface area contributed by atoms with Crippen molar-refractivity contribution in [3.8, 4) is 5.75 Å². The molecule has 0 aromatic heterocycles. The van der Waals surface area contributed by atoms with Crippen molar-refractivity contribution >= 4 is 35.1 Å². The molecule has 0 aliphatic carbocycles. The van der Waals surface area contributed by atoms with Gasteiger partial charge in [0.25, 0.3) is 11.8 Å². The van der Waals surface area contributed by atoms with Crippen molar-refractivity contribution in [2.75, 3.05) is 25.1 Å². The summed E-state index contributed by atoms with van der Waals surface area (Å²) in [5, 5.41) is 4.86. The number of carbonyl (C=O) groups is 3. The van der Waals surface area contributed by atoms with Gasteiger partial charge in [-0.05, 0) is 49.4 Å². The minimum atomic E-state index is -0.819. The van der Waals surface area contributed by atoms with Crippen LogP contribution < -0.4 is 15.4 Å². The molecule has 0 aliphatic heterocycles. The van der Waals surface area contributed by atoms with E-state index in [1.54, 1.807) is 24.3 Å². The van der Waals surface area contributed by atoms with E-state index >= 15 is 0 Å². The van der Waals surface area contributed by atoms with Crippen LogP contribution in [0.3, 0.4) is 0 Å². The minimum absolute atomic E-state index is 0.127. The van der Waals surface area contributed by atoms with E-state index in [4.69, 9.17) is 21.1 Å². The Morgan fingerprint density at radius 1 is 1.11 bits per heavy atom. The van der Waals surface area contributed by atoms with Gasteiger partial charge in [0, 0.05) is 10.6 Å². The SMILES string of the molecule is CCOc1ccc(C(=O)NCC(=O)OCC(=O)Nc2cc(Cl)ccc2F)cc1. The van der Waals surface area contributed by atoms with Crippen LogP contribution in [0.25, 0.3) is 0 Å². The monoisotopic (exact) mass is 408 g/mol. The van der Waals surface area contributed by atoms with Gasteiger partial charge in [0.2, 0.25) is 0 Å². The molecule has 7 nitrogen and oxygen atoms in total. The number of anilines is 1. The maximum atomic E-state index is 13.5. The van der Waals surface area contributed by atoms with Crippen molar-refractivity contribution in [3.05, 3.63) is 58.9 Å². The van der Waals surface area contributed by atoms with Crippen LogP contribution in [0.1, 0.15) is 17.3 Å². The molecule has 9 heteroatoms. The molecule has 0 heterocycles. The van der Waals surface area contributed by atoms with Crippen LogP contribution in [0.2, 0.25) is 5.02 Å². The number of hydrogen-bond donors (Lipinski definition) is 2. The molecule has 0 spiro atoms. The van der Waals surface area contributed by atoms with Gasteiger partial charge < -0.3 is 20.1 Å². The normalized spacial score (nSPS) is 10.1. The van der Waals surface area contributed by atoms with Gasteiger partial charge in [-0.25, -0.2) is 4.39 Å². The highest BCUT2D eigenvalue weighted by atomic mass is 35.5. The fraction of sp³-hybridized carbons (Fsp3) is 0.211. The molecule has 0 atom stereocenters. The van der Waals surface area contributed by atoms with Crippen LogP contribution in [0, 0.1) is 5.82 Å². The third-order valence-electron chi connectivity index (χ3n) is 3.39. The number of ether oxygens (including phenoxy) is 2. The maximum Gasteiger partial charge on any atom is 0.325 e. The predicted molar refractivity (Wildman–Crippen MR) is 101 cm³/mol. The summed E-state index contributed by atoms with van der Waals surface area (Å²) in [5.41, 5.74) is 0.211. The Morgan fingerprint density at radius 3 is 2.50 bits per heavy atom. The van der Waals surface area contributed by atoms with Crippen molar-refractivity contribution in [2.45, 2.75) is 6.92 Å². The first-order chi connectivity index (χ1) is 13.4. The first kappa shape index (κ1) is 21.2. The molecule has 28 heavy (non-hydrogen) atoms. The van der Waals surface area contributed by atoms with Crippen LogP contribution in [0.4, 0.5) is 10.1 Å². The average molecular weight is 409 g/mol. The average Bonchev–Trinajstić information content (AvgIpc) is 2.68. The number of esters is 1. The molecule has 0 aliphatic rings. The molecule has 0 unspecified atom stereocenters. The number of nitrogens with one attached hydrogen (secondary N) is 2. The van der Waals surface area contributed by atoms with E-state index < -0.39 is 36.8 Å². The van der Waals surface area contributed by atoms with E-state index in [9.17, 15) is 18.8 Å². The standard InChI is InChI=1S/C19H18ClFN2O5/c1-2-27-14-6-3-12(4-7-14)19(26)22-10-18(25)28-11-17(24)23-16-9-13(20)5-8-15(16)21/h3-9H,2,10-11H2,1H3,(H,22,26)(H,23,24). The third-order valence-corrected chi connectivity index (χ3v) is 3.62. The minimum Gasteiger partial charge on any atom is -0.494 e. The van der Waals surface area contributed by atoms with Crippen LogP contribution in [0.15, 0.2) is 42.5 Å². The van der Waals surface area contributed by atoms with Gasteiger partial charge in [-0.15, -0.1) is 0 Å². The van der Waals surface area contributed by atoms with Gasteiger partial charge in [-0.2, -0.15) is 0 Å². The zero-order valence-electron chi connectivity index (χ0n) is 15.0. The van der Waals surface area contributed by atoms with Crippen LogP contribution >= 0.6 is 11.6 Å². The van der Waals surface area contributed by atoms with Gasteiger partial charge in [-0.3, -0.25) is 14.4 Å². The van der Waals surface area contributed by atoms with Crippen molar-refractivity contribution < 1.29 is 28.2 Å². The Balaban J connectivity index is 1.75. The summed E-state index contributed by atoms with van der Waals surface area (Å²) in [4.78, 5) is 35.4. The van der Waals surface area contributed by atoms with E-state index in [1.807, 2.05) is 6.92 Å². The Labute approximate surface area is 165 Å². The first-order valence-electron chi connectivity index (χ1n) is 8.30. The predicted octanol–water partition coefficient (Wildman–Crippen LogP) is 2.79. The summed E-state index contributed by atoms with van der Waals surface area (Å²) < 4.78 is 23.5. The highest BCUT2D eigenvalue weighted by Crippen LogP contribution is 2.19. The zero-order chi connectivity index (χ0) is 20.5. The molecule has 0 fully saturated rings. The van der Waals surface area contributed by atoms with E-state index in [0.717, 1.165) is 6.07 Å². The van der Waals surface area contributed by atoms with Gasteiger partial charge >= 0.3 is 5.97 Å². The molecule has 2 N–H and O–H groups in total. The van der Waals surface area contributed by atoms with Crippen LogP contribution in [-0.4, -0.2) is 37.5 Å². The maximum absolute atomic E-state index is 13.5. The lowest BCUT2D eigenvalue weighted by molar-refractivity contribution is -0.146. The number of amides is 2. The molecule has 2 aromatic carbocycles. The second-order valence-electron chi connectivity index (χ2n) is 5.47. The zero-order valence-corrected chi connectivity index (χ0v) is 15.7. The molecule has 148 valence electrons. The Kier molecular flexibility index (Phi) is 7.76. The van der Waals surface area contributed by atoms with E-state index in [-0.39, 0.29) is 10.7 Å². The lowest BCUT2D eigenvalue weighted by Crippen LogP contribution is -2.32. The van der Waals surface area contributed by atoms with E-state index in [1.165, 1.54) is 12.1 Å². The molecule has 0 saturated heterocycles. The number of carbonyl (C=O) groups excluding carboxylic acids is 3. The van der Waals surface area contributed by atoms with E-state index in [2.05, 4.69) is 10.6 Å². The highest BCUT2D eigenvalue weighted by Gasteiger charge is 2.12. The summed E-state index contributed by atoms with van der Waals surface area (Å²) >= 11 is 5.72. The molecule has 0 radical (unpaired) electrons. The first-order valence-corrected chi connectivity index (χ1v) is 8.68. The fourth-order valence-corrected chi connectivity index (χ4v) is 2.27. The summed E-state index contributed by atoms with van der Waals surface area (Å²) in [6, 6.07) is 10.0. The second kappa shape index (κ2) is 10.3. The van der Waals surface area contributed by atoms with Gasteiger partial charge in [0.05, 0.1) is 12.3 Å². The smallest absolute Gasteiger partial charge is 0.325 e. The quantitative estimate of drug-likeness (QED) is 0.655. The molecular weight excluding hydrogens is 391 g/mol.